The van der Waals surface area contributed by atoms with E-state index in [1.165, 1.54) is 12.5 Å². The maximum absolute atomic E-state index is 11.8. The summed E-state index contributed by atoms with van der Waals surface area (Å²) in [6.45, 7) is 2.18. The summed E-state index contributed by atoms with van der Waals surface area (Å²) in [4.78, 5) is 22.5. The number of rotatable bonds is 8. The number of hydrogen-bond donors (Lipinski definition) is 2. The predicted molar refractivity (Wildman–Crippen MR) is 92.9 cm³/mol. The van der Waals surface area contributed by atoms with Crippen molar-refractivity contribution >= 4 is 11.8 Å². The third-order valence-corrected chi connectivity index (χ3v) is 3.39. The van der Waals surface area contributed by atoms with E-state index in [-0.39, 0.29) is 18.4 Å². The smallest absolute Gasteiger partial charge is 0.258 e. The standard InChI is InChI=1S/C19H22N2O3/c1-15(22)20-11-12-21-19(23)14-24-18-10-6-5-9-17(18)13-16-7-3-2-4-8-16/h2-10H,11-14H2,1H3,(H,20,22)(H,21,23). The second-order valence-corrected chi connectivity index (χ2v) is 5.39. The van der Waals surface area contributed by atoms with Gasteiger partial charge in [-0.1, -0.05) is 48.5 Å². The number of carbonyl (C=O) groups excluding carboxylic acids is 2. The van der Waals surface area contributed by atoms with Gasteiger partial charge < -0.3 is 15.4 Å². The van der Waals surface area contributed by atoms with Crippen molar-refractivity contribution in [3.05, 3.63) is 65.7 Å². The molecule has 0 unspecified atom stereocenters. The van der Waals surface area contributed by atoms with Crippen molar-refractivity contribution in [1.82, 2.24) is 10.6 Å². The summed E-state index contributed by atoms with van der Waals surface area (Å²) in [5.41, 5.74) is 2.23. The average Bonchev–Trinajstić information content (AvgIpc) is 2.59. The van der Waals surface area contributed by atoms with Crippen LogP contribution in [0.2, 0.25) is 0 Å². The molecule has 0 aromatic heterocycles. The van der Waals surface area contributed by atoms with Crippen molar-refractivity contribution in [2.45, 2.75) is 13.3 Å². The Labute approximate surface area is 142 Å². The number of carbonyl (C=O) groups is 2. The highest BCUT2D eigenvalue weighted by molar-refractivity contribution is 5.77. The SMILES string of the molecule is CC(=O)NCCNC(=O)COc1ccccc1Cc1ccccc1. The zero-order valence-electron chi connectivity index (χ0n) is 13.7. The van der Waals surface area contributed by atoms with Crippen LogP contribution in [0.15, 0.2) is 54.6 Å². The molecular formula is C19H22N2O3. The largest absolute Gasteiger partial charge is 0.483 e. The van der Waals surface area contributed by atoms with Gasteiger partial charge >= 0.3 is 0 Å². The van der Waals surface area contributed by atoms with E-state index in [9.17, 15) is 9.59 Å². The molecule has 24 heavy (non-hydrogen) atoms. The summed E-state index contributed by atoms with van der Waals surface area (Å²) in [7, 11) is 0. The zero-order chi connectivity index (χ0) is 17.2. The summed E-state index contributed by atoms with van der Waals surface area (Å²) in [6, 6.07) is 17.8. The van der Waals surface area contributed by atoms with Gasteiger partial charge in [0.1, 0.15) is 5.75 Å². The number of hydrogen-bond acceptors (Lipinski definition) is 3. The average molecular weight is 326 g/mol. The van der Waals surface area contributed by atoms with Gasteiger partial charge in [0.2, 0.25) is 5.91 Å². The number of para-hydroxylation sites is 1. The Bertz CT molecular complexity index is 671. The Morgan fingerprint density at radius 1 is 0.917 bits per heavy atom. The minimum absolute atomic E-state index is 0.0497. The van der Waals surface area contributed by atoms with Gasteiger partial charge in [-0.25, -0.2) is 0 Å². The molecule has 2 aromatic carbocycles. The number of amides is 2. The molecule has 0 saturated heterocycles. The molecule has 0 fully saturated rings. The van der Waals surface area contributed by atoms with Crippen LogP contribution in [0.25, 0.3) is 0 Å². The lowest BCUT2D eigenvalue weighted by Crippen LogP contribution is -2.36. The Balaban J connectivity index is 1.84. The number of benzene rings is 2. The number of ether oxygens (including phenoxy) is 1. The van der Waals surface area contributed by atoms with Crippen molar-refractivity contribution < 1.29 is 14.3 Å². The third kappa shape index (κ3) is 6.12. The molecule has 0 aliphatic heterocycles. The van der Waals surface area contributed by atoms with Crippen LogP contribution in [0.4, 0.5) is 0 Å². The molecule has 0 saturated carbocycles. The maximum Gasteiger partial charge on any atom is 0.258 e. The predicted octanol–water partition coefficient (Wildman–Crippen LogP) is 1.91. The van der Waals surface area contributed by atoms with Gasteiger partial charge in [-0.05, 0) is 17.2 Å². The van der Waals surface area contributed by atoms with Crippen LogP contribution in [-0.4, -0.2) is 31.5 Å². The molecule has 2 aromatic rings. The highest BCUT2D eigenvalue weighted by Gasteiger charge is 2.07. The van der Waals surface area contributed by atoms with Gasteiger partial charge in [0.25, 0.3) is 5.91 Å². The van der Waals surface area contributed by atoms with Crippen molar-refractivity contribution in [2.75, 3.05) is 19.7 Å². The third-order valence-electron chi connectivity index (χ3n) is 3.39. The van der Waals surface area contributed by atoms with E-state index in [1.54, 1.807) is 0 Å². The first-order valence-electron chi connectivity index (χ1n) is 7.91. The van der Waals surface area contributed by atoms with Crippen molar-refractivity contribution in [1.29, 1.82) is 0 Å². The van der Waals surface area contributed by atoms with E-state index in [0.29, 0.717) is 18.8 Å². The molecule has 0 spiro atoms. The lowest BCUT2D eigenvalue weighted by molar-refractivity contribution is -0.123. The first-order valence-corrected chi connectivity index (χ1v) is 7.91. The lowest BCUT2D eigenvalue weighted by Gasteiger charge is -2.12. The quantitative estimate of drug-likeness (QED) is 0.728. The van der Waals surface area contributed by atoms with E-state index >= 15 is 0 Å². The Morgan fingerprint density at radius 3 is 2.33 bits per heavy atom. The fourth-order valence-electron chi connectivity index (χ4n) is 2.24. The summed E-state index contributed by atoms with van der Waals surface area (Å²) in [5.74, 6) is 0.378. The summed E-state index contributed by atoms with van der Waals surface area (Å²) < 4.78 is 5.65. The fourth-order valence-corrected chi connectivity index (χ4v) is 2.24. The zero-order valence-corrected chi connectivity index (χ0v) is 13.7. The molecular weight excluding hydrogens is 304 g/mol. The molecule has 0 bridgehead atoms. The van der Waals surface area contributed by atoms with E-state index in [0.717, 1.165) is 12.0 Å². The van der Waals surface area contributed by atoms with E-state index in [1.807, 2.05) is 42.5 Å². The lowest BCUT2D eigenvalue weighted by atomic mass is 10.0. The van der Waals surface area contributed by atoms with E-state index in [4.69, 9.17) is 4.74 Å². The number of nitrogens with one attached hydrogen (secondary N) is 2. The van der Waals surface area contributed by atoms with Crippen molar-refractivity contribution in [3.8, 4) is 5.75 Å². The maximum atomic E-state index is 11.8. The van der Waals surface area contributed by atoms with Crippen LogP contribution in [0.3, 0.4) is 0 Å². The monoisotopic (exact) mass is 326 g/mol. The second kappa shape index (κ2) is 9.35. The highest BCUT2D eigenvalue weighted by Crippen LogP contribution is 2.21. The molecule has 0 atom stereocenters. The van der Waals surface area contributed by atoms with Crippen LogP contribution < -0.4 is 15.4 Å². The highest BCUT2D eigenvalue weighted by atomic mass is 16.5. The van der Waals surface area contributed by atoms with E-state index < -0.39 is 0 Å². The van der Waals surface area contributed by atoms with Crippen LogP contribution >= 0.6 is 0 Å². The molecule has 0 aliphatic rings. The Morgan fingerprint density at radius 2 is 1.58 bits per heavy atom. The normalized spacial score (nSPS) is 10.0. The molecule has 5 heteroatoms. The molecule has 5 nitrogen and oxygen atoms in total. The minimum Gasteiger partial charge on any atom is -0.483 e. The molecule has 0 aliphatic carbocycles. The van der Waals surface area contributed by atoms with E-state index in [2.05, 4.69) is 22.8 Å². The Kier molecular flexibility index (Phi) is 6.83. The minimum atomic E-state index is -0.213. The van der Waals surface area contributed by atoms with Gasteiger partial charge in [0.05, 0.1) is 0 Å². The van der Waals surface area contributed by atoms with Gasteiger partial charge in [-0.15, -0.1) is 0 Å². The first kappa shape index (κ1) is 17.5. The summed E-state index contributed by atoms with van der Waals surface area (Å²) >= 11 is 0. The first-order chi connectivity index (χ1) is 11.6. The van der Waals surface area contributed by atoms with Gasteiger partial charge in [-0.3, -0.25) is 9.59 Å². The summed E-state index contributed by atoms with van der Waals surface area (Å²) in [6.07, 6.45) is 0.751. The van der Waals surface area contributed by atoms with Crippen LogP contribution in [0.5, 0.6) is 5.75 Å². The molecule has 126 valence electrons. The van der Waals surface area contributed by atoms with Gasteiger partial charge in [-0.2, -0.15) is 0 Å². The fraction of sp³-hybridized carbons (Fsp3) is 0.263. The topological polar surface area (TPSA) is 67.4 Å². The van der Waals surface area contributed by atoms with Crippen molar-refractivity contribution in [2.24, 2.45) is 0 Å². The van der Waals surface area contributed by atoms with Crippen LogP contribution in [0.1, 0.15) is 18.1 Å². The molecule has 2 amide bonds. The van der Waals surface area contributed by atoms with Crippen molar-refractivity contribution in [3.63, 3.8) is 0 Å². The molecule has 0 heterocycles. The molecule has 0 radical (unpaired) electrons. The summed E-state index contributed by atoms with van der Waals surface area (Å²) in [5, 5.41) is 5.32. The van der Waals surface area contributed by atoms with Gasteiger partial charge in [0.15, 0.2) is 6.61 Å². The molecule has 2 rings (SSSR count). The molecule has 2 N–H and O–H groups in total. The van der Waals surface area contributed by atoms with Gasteiger partial charge in [0, 0.05) is 26.4 Å². The Hall–Kier alpha value is -2.82. The van der Waals surface area contributed by atoms with Crippen LogP contribution in [0, 0.1) is 0 Å². The van der Waals surface area contributed by atoms with Crippen LogP contribution in [-0.2, 0) is 16.0 Å². The second-order valence-electron chi connectivity index (χ2n) is 5.39.